The van der Waals surface area contributed by atoms with E-state index in [1.807, 2.05) is 0 Å². The third kappa shape index (κ3) is 1.80. The van der Waals surface area contributed by atoms with Gasteiger partial charge in [-0.25, -0.2) is 0 Å². The van der Waals surface area contributed by atoms with E-state index in [1.165, 1.54) is 27.6 Å². The van der Waals surface area contributed by atoms with Crippen molar-refractivity contribution in [2.24, 2.45) is 0 Å². The minimum absolute atomic E-state index is 0.125. The Labute approximate surface area is 153 Å². The highest BCUT2D eigenvalue weighted by atomic mass is 16.7. The Morgan fingerprint density at radius 1 is 1.00 bits per heavy atom. The lowest BCUT2D eigenvalue weighted by molar-refractivity contribution is -0.740. The molecule has 2 aliphatic rings. The second-order valence-corrected chi connectivity index (χ2v) is 7.09. The van der Waals surface area contributed by atoms with E-state index in [1.54, 1.807) is 0 Å². The highest BCUT2D eigenvalue weighted by Crippen LogP contribution is 2.49. The van der Waals surface area contributed by atoms with Gasteiger partial charge in [-0.05, 0) is 23.6 Å². The van der Waals surface area contributed by atoms with Crippen molar-refractivity contribution in [1.82, 2.24) is 0 Å². The molecule has 0 bridgehead atoms. The maximum atomic E-state index is 5.67. The standard InChI is InChI=1S/C23H22NO2/c1-4-23(5-2)15(3)18-12-20-21(26-14-25-20)13-19(18)22-17-9-7-6-8-16(17)10-11-24(22)23/h6-13H,3-5,14H2,1-2H3/q+1. The Hall–Kier alpha value is -2.81. The van der Waals surface area contributed by atoms with Crippen LogP contribution in [0.3, 0.4) is 0 Å². The Kier molecular flexibility index (Phi) is 3.17. The van der Waals surface area contributed by atoms with Crippen molar-refractivity contribution in [2.45, 2.75) is 32.2 Å². The van der Waals surface area contributed by atoms with Crippen molar-refractivity contribution in [3.05, 3.63) is 60.8 Å². The van der Waals surface area contributed by atoms with Gasteiger partial charge in [0.05, 0.1) is 10.9 Å². The fourth-order valence-corrected chi connectivity index (χ4v) is 4.65. The lowest BCUT2D eigenvalue weighted by Crippen LogP contribution is -2.59. The molecule has 0 atom stereocenters. The second kappa shape index (κ2) is 5.34. The van der Waals surface area contributed by atoms with Crippen molar-refractivity contribution in [1.29, 1.82) is 0 Å². The lowest BCUT2D eigenvalue weighted by Gasteiger charge is -2.35. The maximum absolute atomic E-state index is 5.67. The summed E-state index contributed by atoms with van der Waals surface area (Å²) in [5.41, 5.74) is 4.62. The number of nitrogens with zero attached hydrogens (tertiary/aromatic N) is 1. The van der Waals surface area contributed by atoms with Gasteiger partial charge < -0.3 is 9.47 Å². The molecule has 3 aromatic rings. The summed E-state index contributed by atoms with van der Waals surface area (Å²) in [6.07, 6.45) is 4.21. The molecule has 26 heavy (non-hydrogen) atoms. The number of ether oxygens (including phenoxy) is 2. The molecule has 2 aromatic carbocycles. The van der Waals surface area contributed by atoms with E-state index in [0.29, 0.717) is 0 Å². The fourth-order valence-electron chi connectivity index (χ4n) is 4.65. The zero-order chi connectivity index (χ0) is 17.9. The molecular weight excluding hydrogens is 322 g/mol. The van der Waals surface area contributed by atoms with E-state index >= 15 is 0 Å². The molecule has 0 N–H and O–H groups in total. The summed E-state index contributed by atoms with van der Waals surface area (Å²) in [5, 5.41) is 2.50. The summed E-state index contributed by atoms with van der Waals surface area (Å²) in [6.45, 7) is 9.32. The second-order valence-electron chi connectivity index (χ2n) is 7.09. The largest absolute Gasteiger partial charge is 0.454 e. The summed E-state index contributed by atoms with van der Waals surface area (Å²) in [4.78, 5) is 0. The zero-order valence-corrected chi connectivity index (χ0v) is 15.2. The van der Waals surface area contributed by atoms with Gasteiger partial charge in [-0.2, -0.15) is 4.57 Å². The normalized spacial score (nSPS) is 16.5. The number of fused-ring (bicyclic) bond motifs is 6. The van der Waals surface area contributed by atoms with Crippen molar-refractivity contribution >= 4 is 16.3 Å². The molecule has 3 heteroatoms. The number of allylic oxidation sites excluding steroid dienone is 1. The van der Waals surface area contributed by atoms with Gasteiger partial charge in [-0.3, -0.25) is 0 Å². The molecular formula is C23H22NO2+. The molecule has 0 saturated carbocycles. The Bertz CT molecular complexity index is 1060. The SMILES string of the molecule is C=C1c2cc3c(cc2-c2c4ccccc4cc[n+]2C1(CC)CC)OCO3. The predicted octanol–water partition coefficient (Wildman–Crippen LogP) is 5.07. The molecule has 2 aliphatic heterocycles. The van der Waals surface area contributed by atoms with E-state index < -0.39 is 0 Å². The first-order valence-electron chi connectivity index (χ1n) is 9.27. The molecule has 3 nitrogen and oxygen atoms in total. The topological polar surface area (TPSA) is 22.3 Å². The van der Waals surface area contributed by atoms with Crippen LogP contribution in [0.2, 0.25) is 0 Å². The van der Waals surface area contributed by atoms with Crippen molar-refractivity contribution < 1.29 is 14.0 Å². The van der Waals surface area contributed by atoms with Gasteiger partial charge in [0.1, 0.15) is 0 Å². The number of rotatable bonds is 2. The number of aromatic nitrogens is 1. The van der Waals surface area contributed by atoms with Gasteiger partial charge in [0.25, 0.3) is 0 Å². The minimum atomic E-state index is -0.125. The lowest BCUT2D eigenvalue weighted by atomic mass is 9.75. The van der Waals surface area contributed by atoms with E-state index in [2.05, 4.69) is 73.7 Å². The molecule has 0 radical (unpaired) electrons. The van der Waals surface area contributed by atoms with Crippen LogP contribution in [0.15, 0.2) is 55.2 Å². The smallest absolute Gasteiger partial charge is 0.231 e. The van der Waals surface area contributed by atoms with E-state index in [0.717, 1.165) is 29.9 Å². The van der Waals surface area contributed by atoms with Gasteiger partial charge in [-0.15, -0.1) is 0 Å². The van der Waals surface area contributed by atoms with Crippen molar-refractivity contribution in [3.63, 3.8) is 0 Å². The quantitative estimate of drug-likeness (QED) is 0.606. The average molecular weight is 344 g/mol. The highest BCUT2D eigenvalue weighted by Gasteiger charge is 2.48. The van der Waals surface area contributed by atoms with Crippen molar-refractivity contribution in [2.75, 3.05) is 6.79 Å². The fraction of sp³-hybridized carbons (Fsp3) is 0.261. The number of pyridine rings is 1. The monoisotopic (exact) mass is 344 g/mol. The summed E-state index contributed by atoms with van der Waals surface area (Å²) >= 11 is 0. The summed E-state index contributed by atoms with van der Waals surface area (Å²) in [5.74, 6) is 1.64. The van der Waals surface area contributed by atoms with Crippen molar-refractivity contribution in [3.8, 4) is 22.8 Å². The first-order chi connectivity index (χ1) is 12.7. The van der Waals surface area contributed by atoms with Crippen LogP contribution in [0, 0.1) is 0 Å². The van der Waals surface area contributed by atoms with Crippen LogP contribution in [0.1, 0.15) is 32.3 Å². The van der Waals surface area contributed by atoms with Crippen LogP contribution in [0.25, 0.3) is 27.6 Å². The number of benzene rings is 2. The first-order valence-corrected chi connectivity index (χ1v) is 9.27. The summed E-state index contributed by atoms with van der Waals surface area (Å²) in [6, 6.07) is 15.0. The van der Waals surface area contributed by atoms with Crippen LogP contribution < -0.4 is 14.0 Å². The number of hydrogen-bond donors (Lipinski definition) is 0. The molecule has 1 aromatic heterocycles. The van der Waals surface area contributed by atoms with Gasteiger partial charge in [0.2, 0.25) is 12.5 Å². The minimum Gasteiger partial charge on any atom is -0.454 e. The molecule has 0 unspecified atom stereocenters. The van der Waals surface area contributed by atoms with Crippen LogP contribution in [-0.4, -0.2) is 6.79 Å². The van der Waals surface area contributed by atoms with Crippen LogP contribution >= 0.6 is 0 Å². The summed E-state index contributed by atoms with van der Waals surface area (Å²) in [7, 11) is 0. The molecule has 0 amide bonds. The van der Waals surface area contributed by atoms with E-state index in [4.69, 9.17) is 9.47 Å². The first kappa shape index (κ1) is 15.4. The molecule has 0 aliphatic carbocycles. The van der Waals surface area contributed by atoms with E-state index in [9.17, 15) is 0 Å². The van der Waals surface area contributed by atoms with Gasteiger partial charge in [0.15, 0.2) is 23.2 Å². The Balaban J connectivity index is 1.95. The highest BCUT2D eigenvalue weighted by molar-refractivity contribution is 5.98. The van der Waals surface area contributed by atoms with Gasteiger partial charge >= 0.3 is 0 Å². The van der Waals surface area contributed by atoms with Gasteiger partial charge in [-0.1, -0.05) is 38.6 Å². The van der Waals surface area contributed by atoms with Crippen LogP contribution in [0.4, 0.5) is 0 Å². The Morgan fingerprint density at radius 3 is 2.42 bits per heavy atom. The summed E-state index contributed by atoms with van der Waals surface area (Å²) < 4.78 is 13.8. The molecule has 3 heterocycles. The van der Waals surface area contributed by atoms with Crippen LogP contribution in [0.5, 0.6) is 11.5 Å². The third-order valence-corrected chi connectivity index (χ3v) is 6.15. The number of hydrogen-bond acceptors (Lipinski definition) is 2. The third-order valence-electron chi connectivity index (χ3n) is 6.15. The molecule has 0 spiro atoms. The van der Waals surface area contributed by atoms with Crippen LogP contribution in [-0.2, 0) is 5.54 Å². The zero-order valence-electron chi connectivity index (χ0n) is 15.2. The van der Waals surface area contributed by atoms with Gasteiger partial charge in [0, 0.05) is 30.0 Å². The predicted molar refractivity (Wildman–Crippen MR) is 103 cm³/mol. The molecule has 0 saturated heterocycles. The van der Waals surface area contributed by atoms with E-state index in [-0.39, 0.29) is 12.3 Å². The Morgan fingerprint density at radius 2 is 1.69 bits per heavy atom. The molecule has 130 valence electrons. The molecule has 0 fully saturated rings. The maximum Gasteiger partial charge on any atom is 0.231 e. The average Bonchev–Trinajstić information content (AvgIpc) is 3.15. The molecule has 5 rings (SSSR count).